The smallest absolute Gasteiger partial charge is 0.0162 e. The summed E-state index contributed by atoms with van der Waals surface area (Å²) in [6.45, 7) is 4.39. The molecule has 2 heteroatoms. The van der Waals surface area contributed by atoms with Crippen LogP contribution in [-0.2, 0) is 11.8 Å². The molecule has 0 heterocycles. The number of hydrogen-bond donors (Lipinski definition) is 0. The molecule has 0 unspecified atom stereocenters. The first kappa shape index (κ1) is 8.83. The molecule has 0 N–H and O–H groups in total. The Morgan fingerprint density at radius 2 is 1.91 bits per heavy atom. The Kier molecular flexibility index (Phi) is 3.16. The van der Waals surface area contributed by atoms with Gasteiger partial charge in [-0.05, 0) is 17.5 Å². The molecule has 1 aromatic carbocycles. The lowest BCUT2D eigenvalue weighted by Crippen LogP contribution is -2.02. The van der Waals surface area contributed by atoms with Crippen LogP contribution in [0.15, 0.2) is 24.3 Å². The van der Waals surface area contributed by atoms with Gasteiger partial charge in [-0.1, -0.05) is 43.9 Å². The summed E-state index contributed by atoms with van der Waals surface area (Å²) in [4.78, 5) is 0. The Labute approximate surface area is 74.5 Å². The van der Waals surface area contributed by atoms with Crippen molar-refractivity contribution in [1.82, 2.24) is 0 Å². The minimum Gasteiger partial charge on any atom is -0.0619 e. The summed E-state index contributed by atoms with van der Waals surface area (Å²) in [5.74, 6) is 0.585. The Morgan fingerprint density at radius 1 is 1.27 bits per heavy atom. The van der Waals surface area contributed by atoms with Crippen molar-refractivity contribution < 1.29 is 0 Å². The molecular formula is C9H11PS. The van der Waals surface area contributed by atoms with Crippen LogP contribution in [0.2, 0.25) is 0 Å². The third kappa shape index (κ3) is 2.08. The molecule has 11 heavy (non-hydrogen) atoms. The van der Waals surface area contributed by atoms with E-state index in [0.717, 1.165) is 7.36 Å². The van der Waals surface area contributed by atoms with Crippen LogP contribution in [0.5, 0.6) is 0 Å². The van der Waals surface area contributed by atoms with Gasteiger partial charge in [-0.25, -0.2) is 0 Å². The van der Waals surface area contributed by atoms with Crippen molar-refractivity contribution in [2.45, 2.75) is 19.8 Å². The lowest BCUT2D eigenvalue weighted by atomic mass is 10.0. The first-order valence-corrected chi connectivity index (χ1v) is 5.58. The highest BCUT2D eigenvalue weighted by Crippen LogP contribution is 2.14. The molecule has 0 bridgehead atoms. The Morgan fingerprint density at radius 3 is 2.36 bits per heavy atom. The zero-order valence-electron chi connectivity index (χ0n) is 6.74. The van der Waals surface area contributed by atoms with E-state index in [-0.39, 0.29) is 0 Å². The maximum absolute atomic E-state index is 5.00. The molecule has 1 aromatic rings. The molecule has 0 spiro atoms. The minimum absolute atomic E-state index is 0.585. The number of rotatable bonds is 2. The van der Waals surface area contributed by atoms with Gasteiger partial charge in [0.25, 0.3) is 0 Å². The Hall–Kier alpha value is -0.260. The van der Waals surface area contributed by atoms with E-state index < -0.39 is 0 Å². The van der Waals surface area contributed by atoms with E-state index in [1.54, 1.807) is 0 Å². The fourth-order valence-corrected chi connectivity index (χ4v) is 2.14. The van der Waals surface area contributed by atoms with Crippen LogP contribution in [-0.4, -0.2) is 0 Å². The number of hydrogen-bond acceptors (Lipinski definition) is 1. The topological polar surface area (TPSA) is 0 Å². The van der Waals surface area contributed by atoms with Crippen molar-refractivity contribution in [3.63, 3.8) is 0 Å². The van der Waals surface area contributed by atoms with E-state index in [1.165, 1.54) is 10.9 Å². The molecule has 0 radical (unpaired) electrons. The van der Waals surface area contributed by atoms with Crippen LogP contribution in [0.3, 0.4) is 0 Å². The average Bonchev–Trinajstić information content (AvgIpc) is 2.04. The van der Waals surface area contributed by atoms with Gasteiger partial charge in [-0.2, -0.15) is 0 Å². The molecule has 1 rings (SSSR count). The second-order valence-corrected chi connectivity index (χ2v) is 4.02. The van der Waals surface area contributed by atoms with Crippen LogP contribution in [0.25, 0.3) is 0 Å². The minimum atomic E-state index is 0.585. The van der Waals surface area contributed by atoms with Crippen molar-refractivity contribution in [3.8, 4) is 0 Å². The molecule has 0 saturated carbocycles. The molecule has 0 aliphatic carbocycles. The fourth-order valence-electron chi connectivity index (χ4n) is 1.06. The van der Waals surface area contributed by atoms with Crippen LogP contribution in [0.1, 0.15) is 25.3 Å². The van der Waals surface area contributed by atoms with Gasteiger partial charge in [0.15, 0.2) is 0 Å². The zero-order valence-corrected chi connectivity index (χ0v) is 8.45. The van der Waals surface area contributed by atoms with Crippen LogP contribution < -0.4 is 5.30 Å². The molecule has 0 saturated heterocycles. The highest BCUT2D eigenvalue weighted by atomic mass is 32.4. The van der Waals surface area contributed by atoms with E-state index in [1.807, 2.05) is 6.07 Å². The van der Waals surface area contributed by atoms with Crippen molar-refractivity contribution in [3.05, 3.63) is 29.8 Å². The van der Waals surface area contributed by atoms with E-state index >= 15 is 0 Å². The maximum Gasteiger partial charge on any atom is 0.0162 e. The Balaban J connectivity index is 3.12. The quantitative estimate of drug-likeness (QED) is 0.634. The van der Waals surface area contributed by atoms with Gasteiger partial charge in [-0.3, -0.25) is 0 Å². The lowest BCUT2D eigenvalue weighted by Gasteiger charge is -2.06. The highest BCUT2D eigenvalue weighted by Gasteiger charge is 2.02. The molecule has 58 valence electrons. The monoisotopic (exact) mass is 182 g/mol. The normalized spacial score (nSPS) is 10.8. The zero-order chi connectivity index (χ0) is 8.27. The predicted octanol–water partition coefficient (Wildman–Crippen LogP) is 2.84. The van der Waals surface area contributed by atoms with Crippen molar-refractivity contribution in [1.29, 1.82) is 0 Å². The molecule has 0 aliphatic heterocycles. The highest BCUT2D eigenvalue weighted by molar-refractivity contribution is 7.99. The van der Waals surface area contributed by atoms with Gasteiger partial charge in [0, 0.05) is 12.7 Å². The second kappa shape index (κ2) is 3.94. The lowest BCUT2D eigenvalue weighted by molar-refractivity contribution is 0.874. The predicted molar refractivity (Wildman–Crippen MR) is 54.5 cm³/mol. The molecule has 0 nitrogen and oxygen atoms in total. The van der Waals surface area contributed by atoms with E-state index in [0.29, 0.717) is 5.92 Å². The second-order valence-electron chi connectivity index (χ2n) is 2.80. The summed E-state index contributed by atoms with van der Waals surface area (Å²) in [5.41, 5.74) is 1.38. The third-order valence-corrected chi connectivity index (χ3v) is 2.85. The van der Waals surface area contributed by atoms with Crippen LogP contribution in [0, 0.1) is 0 Å². The number of benzene rings is 1. The van der Waals surface area contributed by atoms with Crippen molar-refractivity contribution >= 4 is 24.5 Å². The fraction of sp³-hybridized carbons (Fsp3) is 0.333. The largest absolute Gasteiger partial charge is 0.0619 e. The summed E-state index contributed by atoms with van der Waals surface area (Å²) >= 11 is 5.00. The molecular weight excluding hydrogens is 171 g/mol. The van der Waals surface area contributed by atoms with Crippen LogP contribution >= 0.6 is 7.36 Å². The van der Waals surface area contributed by atoms with Crippen LogP contribution in [0.4, 0.5) is 0 Å². The van der Waals surface area contributed by atoms with E-state index in [4.69, 9.17) is 11.8 Å². The first-order chi connectivity index (χ1) is 5.25. The maximum atomic E-state index is 5.00. The summed E-state index contributed by atoms with van der Waals surface area (Å²) in [5, 5.41) is 1.28. The molecule has 0 aromatic heterocycles. The molecule has 0 fully saturated rings. The van der Waals surface area contributed by atoms with E-state index in [2.05, 4.69) is 32.0 Å². The summed E-state index contributed by atoms with van der Waals surface area (Å²) < 4.78 is 0. The Bertz CT molecular complexity index is 255. The van der Waals surface area contributed by atoms with Gasteiger partial charge < -0.3 is 0 Å². The first-order valence-electron chi connectivity index (χ1n) is 3.68. The molecule has 0 aliphatic rings. The van der Waals surface area contributed by atoms with E-state index in [9.17, 15) is 0 Å². The average molecular weight is 182 g/mol. The van der Waals surface area contributed by atoms with Gasteiger partial charge in [0.2, 0.25) is 0 Å². The summed E-state index contributed by atoms with van der Waals surface area (Å²) in [6, 6.07) is 8.36. The van der Waals surface area contributed by atoms with Gasteiger partial charge in [0.1, 0.15) is 0 Å². The SMILES string of the molecule is CC(C)c1ccccc1P=S. The molecule has 0 amide bonds. The summed E-state index contributed by atoms with van der Waals surface area (Å²) in [7, 11) is 0.956. The third-order valence-electron chi connectivity index (χ3n) is 1.66. The van der Waals surface area contributed by atoms with Gasteiger partial charge >= 0.3 is 0 Å². The molecule has 0 atom stereocenters. The van der Waals surface area contributed by atoms with Gasteiger partial charge in [-0.15, -0.1) is 0 Å². The van der Waals surface area contributed by atoms with Crippen molar-refractivity contribution in [2.75, 3.05) is 0 Å². The van der Waals surface area contributed by atoms with Crippen molar-refractivity contribution in [2.24, 2.45) is 0 Å². The standard InChI is InChI=1S/C9H11PS/c1-7(2)8-5-3-4-6-9(8)10-11/h3-7H,1-2H3. The van der Waals surface area contributed by atoms with Gasteiger partial charge in [0.05, 0.1) is 0 Å². The summed E-state index contributed by atoms with van der Waals surface area (Å²) in [6.07, 6.45) is 0.